The number of carbonyl (C=O) groups is 2. The van der Waals surface area contributed by atoms with Crippen molar-refractivity contribution in [2.75, 3.05) is 0 Å². The minimum absolute atomic E-state index is 0.0924. The zero-order valence-electron chi connectivity index (χ0n) is 15.0. The van der Waals surface area contributed by atoms with Crippen LogP contribution in [0.15, 0.2) is 42.6 Å². The molecule has 0 bridgehead atoms. The molecular weight excluding hydrogens is 368 g/mol. The molecule has 1 heterocycles. The average Bonchev–Trinajstić information content (AvgIpc) is 2.65. The first-order valence-corrected chi connectivity index (χ1v) is 9.25. The first-order valence-electron chi connectivity index (χ1n) is 8.87. The highest BCUT2D eigenvalue weighted by molar-refractivity contribution is 6.30. The first kappa shape index (κ1) is 19.2. The van der Waals surface area contributed by atoms with E-state index < -0.39 is 0 Å². The number of pyridine rings is 1. The zero-order chi connectivity index (χ0) is 19.2. The largest absolute Gasteiger partial charge is 0.474 e. The third-order valence-electron chi connectivity index (χ3n) is 4.38. The van der Waals surface area contributed by atoms with E-state index in [0.29, 0.717) is 22.2 Å². The van der Waals surface area contributed by atoms with Crippen molar-refractivity contribution in [2.45, 2.75) is 44.8 Å². The Morgan fingerprint density at radius 1 is 1.07 bits per heavy atom. The molecule has 6 nitrogen and oxygen atoms in total. The molecule has 2 aromatic rings. The van der Waals surface area contributed by atoms with Crippen LogP contribution in [0.3, 0.4) is 0 Å². The zero-order valence-corrected chi connectivity index (χ0v) is 15.7. The van der Waals surface area contributed by atoms with Gasteiger partial charge in [-0.2, -0.15) is 0 Å². The van der Waals surface area contributed by atoms with Gasteiger partial charge in [0, 0.05) is 30.8 Å². The molecule has 0 atom stereocenters. The van der Waals surface area contributed by atoms with Crippen LogP contribution in [0.1, 0.15) is 43.0 Å². The van der Waals surface area contributed by atoms with E-state index in [2.05, 4.69) is 10.3 Å². The summed E-state index contributed by atoms with van der Waals surface area (Å²) in [5, 5.41) is 3.63. The van der Waals surface area contributed by atoms with Crippen molar-refractivity contribution in [3.8, 4) is 11.6 Å². The SMILES string of the molecule is CC(=O)Oc1ccc(C(=O)NC2CCC(Oc3ccc(Cl)cn3)CC2)cc1. The van der Waals surface area contributed by atoms with Crippen LogP contribution in [0, 0.1) is 0 Å². The Kier molecular flexibility index (Phi) is 6.29. The molecule has 0 aliphatic heterocycles. The summed E-state index contributed by atoms with van der Waals surface area (Å²) < 4.78 is 10.8. The van der Waals surface area contributed by atoms with Gasteiger partial charge in [0.15, 0.2) is 0 Å². The van der Waals surface area contributed by atoms with Crippen LogP contribution in [0.4, 0.5) is 0 Å². The van der Waals surface area contributed by atoms with Crippen molar-refractivity contribution in [1.29, 1.82) is 0 Å². The molecule has 0 spiro atoms. The van der Waals surface area contributed by atoms with E-state index in [4.69, 9.17) is 21.1 Å². The number of benzene rings is 1. The van der Waals surface area contributed by atoms with Gasteiger partial charge in [-0.1, -0.05) is 11.6 Å². The number of hydrogen-bond donors (Lipinski definition) is 1. The first-order chi connectivity index (χ1) is 13.0. The number of rotatable bonds is 5. The minimum Gasteiger partial charge on any atom is -0.474 e. The fraction of sp³-hybridized carbons (Fsp3) is 0.350. The quantitative estimate of drug-likeness (QED) is 0.623. The molecule has 1 fully saturated rings. The van der Waals surface area contributed by atoms with Gasteiger partial charge >= 0.3 is 5.97 Å². The van der Waals surface area contributed by atoms with Gasteiger partial charge in [-0.15, -0.1) is 0 Å². The molecule has 3 rings (SSSR count). The second-order valence-corrected chi connectivity index (χ2v) is 6.93. The summed E-state index contributed by atoms with van der Waals surface area (Å²) in [5.74, 6) is 0.473. The van der Waals surface area contributed by atoms with Crippen LogP contribution < -0.4 is 14.8 Å². The van der Waals surface area contributed by atoms with E-state index in [1.165, 1.54) is 6.92 Å². The average molecular weight is 389 g/mol. The van der Waals surface area contributed by atoms with E-state index in [0.717, 1.165) is 25.7 Å². The van der Waals surface area contributed by atoms with Gasteiger partial charge in [0.05, 0.1) is 5.02 Å². The Hall–Kier alpha value is -2.60. The molecule has 0 saturated heterocycles. The molecule has 7 heteroatoms. The number of nitrogens with zero attached hydrogens (tertiary/aromatic N) is 1. The van der Waals surface area contributed by atoms with Gasteiger partial charge in [-0.25, -0.2) is 4.98 Å². The van der Waals surface area contributed by atoms with Gasteiger partial charge in [-0.05, 0) is 56.0 Å². The van der Waals surface area contributed by atoms with Crippen molar-refractivity contribution in [2.24, 2.45) is 0 Å². The second-order valence-electron chi connectivity index (χ2n) is 6.50. The lowest BCUT2D eigenvalue weighted by molar-refractivity contribution is -0.131. The smallest absolute Gasteiger partial charge is 0.308 e. The van der Waals surface area contributed by atoms with Crippen LogP contribution in [-0.4, -0.2) is 29.0 Å². The lowest BCUT2D eigenvalue weighted by Gasteiger charge is -2.29. The molecule has 0 radical (unpaired) electrons. The van der Waals surface area contributed by atoms with Gasteiger partial charge in [0.25, 0.3) is 5.91 Å². The standard InChI is InChI=1S/C20H21ClN2O4/c1-13(24)26-17-7-2-14(3-8-17)20(25)23-16-5-9-18(10-6-16)27-19-11-4-15(21)12-22-19/h2-4,7-8,11-12,16,18H,5-6,9-10H2,1H3,(H,23,25). The van der Waals surface area contributed by atoms with Crippen molar-refractivity contribution in [1.82, 2.24) is 10.3 Å². The summed E-state index contributed by atoms with van der Waals surface area (Å²) in [7, 11) is 0. The van der Waals surface area contributed by atoms with Gasteiger partial charge in [0.1, 0.15) is 11.9 Å². The fourth-order valence-electron chi connectivity index (χ4n) is 3.04. The van der Waals surface area contributed by atoms with Crippen molar-refractivity contribution < 1.29 is 19.1 Å². The lowest BCUT2D eigenvalue weighted by Crippen LogP contribution is -2.39. The van der Waals surface area contributed by atoms with Crippen LogP contribution in [-0.2, 0) is 4.79 Å². The number of aromatic nitrogens is 1. The maximum atomic E-state index is 12.4. The van der Waals surface area contributed by atoms with Crippen molar-refractivity contribution in [3.63, 3.8) is 0 Å². The topological polar surface area (TPSA) is 77.5 Å². The van der Waals surface area contributed by atoms with Crippen LogP contribution >= 0.6 is 11.6 Å². The number of nitrogens with one attached hydrogen (secondary N) is 1. The highest BCUT2D eigenvalue weighted by Gasteiger charge is 2.24. The molecule has 1 aromatic carbocycles. The van der Waals surface area contributed by atoms with E-state index in [9.17, 15) is 9.59 Å². The highest BCUT2D eigenvalue weighted by atomic mass is 35.5. The third-order valence-corrected chi connectivity index (χ3v) is 4.60. The minimum atomic E-state index is -0.389. The number of carbonyl (C=O) groups excluding carboxylic acids is 2. The number of esters is 1. The van der Waals surface area contributed by atoms with Crippen LogP contribution in [0.5, 0.6) is 11.6 Å². The van der Waals surface area contributed by atoms with Gasteiger partial charge < -0.3 is 14.8 Å². The fourth-order valence-corrected chi connectivity index (χ4v) is 3.15. The van der Waals surface area contributed by atoms with E-state index in [-0.39, 0.29) is 24.0 Å². The number of ether oxygens (including phenoxy) is 2. The summed E-state index contributed by atoms with van der Waals surface area (Å²) in [6.07, 6.45) is 5.04. The summed E-state index contributed by atoms with van der Waals surface area (Å²) in [5.41, 5.74) is 0.537. The molecule has 1 saturated carbocycles. The van der Waals surface area contributed by atoms with Crippen molar-refractivity contribution in [3.05, 3.63) is 53.2 Å². The van der Waals surface area contributed by atoms with Crippen molar-refractivity contribution >= 4 is 23.5 Å². The normalized spacial score (nSPS) is 19.2. The molecular formula is C20H21ClN2O4. The highest BCUT2D eigenvalue weighted by Crippen LogP contribution is 2.24. The second kappa shape index (κ2) is 8.86. The molecule has 27 heavy (non-hydrogen) atoms. The predicted octanol–water partition coefficient (Wildman–Crippen LogP) is 3.78. The molecule has 1 aliphatic carbocycles. The summed E-state index contributed by atoms with van der Waals surface area (Å²) in [6.45, 7) is 1.34. The Morgan fingerprint density at radius 2 is 1.78 bits per heavy atom. The maximum absolute atomic E-state index is 12.4. The van der Waals surface area contributed by atoms with Crippen LogP contribution in [0.25, 0.3) is 0 Å². The maximum Gasteiger partial charge on any atom is 0.308 e. The number of hydrogen-bond acceptors (Lipinski definition) is 5. The number of amides is 1. The molecule has 1 aromatic heterocycles. The molecule has 1 aliphatic rings. The number of halogens is 1. The van der Waals surface area contributed by atoms with E-state index in [1.54, 1.807) is 42.6 Å². The monoisotopic (exact) mass is 388 g/mol. The van der Waals surface area contributed by atoms with E-state index in [1.807, 2.05) is 0 Å². The lowest BCUT2D eigenvalue weighted by atomic mass is 9.92. The Bertz CT molecular complexity index is 785. The Morgan fingerprint density at radius 3 is 2.37 bits per heavy atom. The van der Waals surface area contributed by atoms with Gasteiger partial charge in [-0.3, -0.25) is 9.59 Å². The Balaban J connectivity index is 1.46. The van der Waals surface area contributed by atoms with Gasteiger partial charge in [0.2, 0.25) is 5.88 Å². The molecule has 1 amide bonds. The summed E-state index contributed by atoms with van der Waals surface area (Å²) in [6, 6.07) is 10.1. The van der Waals surface area contributed by atoms with E-state index >= 15 is 0 Å². The van der Waals surface area contributed by atoms with Crippen LogP contribution in [0.2, 0.25) is 5.02 Å². The molecule has 142 valence electrons. The summed E-state index contributed by atoms with van der Waals surface area (Å²) in [4.78, 5) is 27.5. The summed E-state index contributed by atoms with van der Waals surface area (Å²) >= 11 is 5.82. The third kappa shape index (κ3) is 5.69. The predicted molar refractivity (Wildman–Crippen MR) is 101 cm³/mol. The molecule has 0 unspecified atom stereocenters. The Labute approximate surface area is 162 Å². The molecule has 1 N–H and O–H groups in total.